The predicted octanol–water partition coefficient (Wildman–Crippen LogP) is 4.29. The Balaban J connectivity index is 1.33. The molecule has 1 aliphatic carbocycles. The van der Waals surface area contributed by atoms with Crippen molar-refractivity contribution in [3.8, 4) is 16.9 Å². The van der Waals surface area contributed by atoms with Crippen LogP contribution >= 0.6 is 0 Å². The first-order chi connectivity index (χ1) is 14.7. The molecule has 1 amide bonds. The summed E-state index contributed by atoms with van der Waals surface area (Å²) in [4.78, 5) is 14.6. The second kappa shape index (κ2) is 7.84. The lowest BCUT2D eigenvalue weighted by Crippen LogP contribution is -2.33. The number of carbonyl (C=O) groups is 1. The number of hydrogen-bond donors (Lipinski definition) is 1. The molecule has 0 saturated heterocycles. The average molecular weight is 400 g/mol. The smallest absolute Gasteiger partial charge is 0.410 e. The van der Waals surface area contributed by atoms with E-state index >= 15 is 0 Å². The first kappa shape index (κ1) is 18.7. The van der Waals surface area contributed by atoms with E-state index in [-0.39, 0.29) is 12.0 Å². The fourth-order valence-electron chi connectivity index (χ4n) is 4.42. The van der Waals surface area contributed by atoms with E-state index in [0.29, 0.717) is 32.8 Å². The number of ether oxygens (including phenoxy) is 2. The predicted molar refractivity (Wildman–Crippen MR) is 115 cm³/mol. The summed E-state index contributed by atoms with van der Waals surface area (Å²) in [5.74, 6) is 0.863. The summed E-state index contributed by atoms with van der Waals surface area (Å²) in [6.07, 6.45) is -0.313. The summed E-state index contributed by atoms with van der Waals surface area (Å²) in [5, 5.41) is 0. The molecule has 152 valence electrons. The van der Waals surface area contributed by atoms with Gasteiger partial charge in [0, 0.05) is 18.0 Å². The Kier molecular flexibility index (Phi) is 4.89. The van der Waals surface area contributed by atoms with Gasteiger partial charge in [-0.15, -0.1) is 0 Å². The number of nitrogens with two attached hydrogens (primary N) is 1. The van der Waals surface area contributed by atoms with Gasteiger partial charge >= 0.3 is 6.09 Å². The first-order valence-corrected chi connectivity index (χ1v) is 10.3. The molecule has 0 saturated carbocycles. The highest BCUT2D eigenvalue weighted by molar-refractivity contribution is 5.79. The lowest BCUT2D eigenvalue weighted by Gasteiger charge is -2.21. The highest BCUT2D eigenvalue weighted by atomic mass is 16.6. The summed E-state index contributed by atoms with van der Waals surface area (Å²) in [7, 11) is 0. The fourth-order valence-corrected chi connectivity index (χ4v) is 4.42. The summed E-state index contributed by atoms with van der Waals surface area (Å²) in [6, 6.07) is 22.6. The second-order valence-electron chi connectivity index (χ2n) is 7.72. The molecule has 0 bridgehead atoms. The van der Waals surface area contributed by atoms with Gasteiger partial charge < -0.3 is 20.1 Å². The Morgan fingerprint density at radius 1 is 1.03 bits per heavy atom. The highest BCUT2D eigenvalue weighted by Crippen LogP contribution is 2.44. The van der Waals surface area contributed by atoms with Gasteiger partial charge in [-0.3, -0.25) is 0 Å². The molecule has 0 aromatic heterocycles. The molecule has 0 unspecified atom stereocenters. The Morgan fingerprint density at radius 3 is 2.43 bits per heavy atom. The highest BCUT2D eigenvalue weighted by Gasteiger charge is 2.30. The Hall–Kier alpha value is -3.31. The zero-order chi connectivity index (χ0) is 20.5. The van der Waals surface area contributed by atoms with Crippen LogP contribution in [-0.4, -0.2) is 30.8 Å². The van der Waals surface area contributed by atoms with Gasteiger partial charge in [-0.25, -0.2) is 4.79 Å². The zero-order valence-corrected chi connectivity index (χ0v) is 16.7. The third kappa shape index (κ3) is 3.31. The minimum absolute atomic E-state index is 0.0562. The van der Waals surface area contributed by atoms with Crippen LogP contribution in [0.25, 0.3) is 11.1 Å². The van der Waals surface area contributed by atoms with Gasteiger partial charge in [0.05, 0.1) is 13.1 Å². The van der Waals surface area contributed by atoms with Crippen LogP contribution in [0.2, 0.25) is 0 Å². The number of benzene rings is 3. The van der Waals surface area contributed by atoms with Crippen molar-refractivity contribution >= 4 is 6.09 Å². The van der Waals surface area contributed by atoms with E-state index in [1.165, 1.54) is 22.3 Å². The third-order valence-electron chi connectivity index (χ3n) is 5.93. The molecule has 1 aliphatic heterocycles. The van der Waals surface area contributed by atoms with E-state index in [1.54, 1.807) is 4.90 Å². The number of amides is 1. The summed E-state index contributed by atoms with van der Waals surface area (Å²) in [5.41, 5.74) is 12.6. The molecule has 0 spiro atoms. The van der Waals surface area contributed by atoms with Gasteiger partial charge in [-0.05, 0) is 39.9 Å². The van der Waals surface area contributed by atoms with Crippen LogP contribution < -0.4 is 10.5 Å². The number of carbonyl (C=O) groups excluding carboxylic acids is 1. The van der Waals surface area contributed by atoms with E-state index in [2.05, 4.69) is 24.3 Å². The summed E-state index contributed by atoms with van der Waals surface area (Å²) >= 11 is 0. The van der Waals surface area contributed by atoms with Crippen molar-refractivity contribution in [2.45, 2.75) is 19.0 Å². The largest absolute Gasteiger partial charge is 0.491 e. The Bertz CT molecular complexity index is 1050. The molecule has 0 fully saturated rings. The van der Waals surface area contributed by atoms with Crippen molar-refractivity contribution < 1.29 is 14.3 Å². The standard InChI is InChI=1S/C25H24N2O3/c26-14-17-9-10-24-18(13-17)15-27(11-12-29-24)25(28)30-16-23-21-7-3-1-5-19(21)20-6-2-4-8-22(20)23/h1-10,13,23H,11-12,14-16,26H2. The molecule has 5 nitrogen and oxygen atoms in total. The van der Waals surface area contributed by atoms with E-state index in [4.69, 9.17) is 15.2 Å². The van der Waals surface area contributed by atoms with Crippen molar-refractivity contribution in [2.24, 2.45) is 5.73 Å². The van der Waals surface area contributed by atoms with Crippen LogP contribution in [0.15, 0.2) is 66.7 Å². The van der Waals surface area contributed by atoms with Gasteiger partial charge in [0.2, 0.25) is 0 Å². The molecule has 1 heterocycles. The molecular weight excluding hydrogens is 376 g/mol. The Morgan fingerprint density at radius 2 is 1.73 bits per heavy atom. The van der Waals surface area contributed by atoms with E-state index in [9.17, 15) is 4.79 Å². The normalized spacial score (nSPS) is 14.9. The molecule has 2 aliphatic rings. The van der Waals surface area contributed by atoms with Crippen LogP contribution in [0.4, 0.5) is 4.79 Å². The van der Waals surface area contributed by atoms with Gasteiger partial charge in [-0.1, -0.05) is 54.6 Å². The molecule has 3 aromatic carbocycles. The van der Waals surface area contributed by atoms with Crippen LogP contribution in [0.5, 0.6) is 5.75 Å². The quantitative estimate of drug-likeness (QED) is 0.712. The van der Waals surface area contributed by atoms with Crippen molar-refractivity contribution in [1.29, 1.82) is 0 Å². The summed E-state index contributed by atoms with van der Waals surface area (Å²) < 4.78 is 11.6. The fraction of sp³-hybridized carbons (Fsp3) is 0.240. The van der Waals surface area contributed by atoms with Gasteiger partial charge in [0.1, 0.15) is 19.0 Å². The van der Waals surface area contributed by atoms with Crippen molar-refractivity contribution in [1.82, 2.24) is 4.90 Å². The van der Waals surface area contributed by atoms with Crippen LogP contribution in [0.1, 0.15) is 28.2 Å². The van der Waals surface area contributed by atoms with Gasteiger partial charge in [0.25, 0.3) is 0 Å². The first-order valence-electron chi connectivity index (χ1n) is 10.3. The maximum Gasteiger partial charge on any atom is 0.410 e. The van der Waals surface area contributed by atoms with Gasteiger partial charge in [-0.2, -0.15) is 0 Å². The van der Waals surface area contributed by atoms with Crippen molar-refractivity contribution in [2.75, 3.05) is 19.8 Å². The molecule has 0 radical (unpaired) electrons. The molecule has 5 rings (SSSR count). The lowest BCUT2D eigenvalue weighted by atomic mass is 9.98. The average Bonchev–Trinajstić information content (AvgIpc) is 2.95. The van der Waals surface area contributed by atoms with Crippen LogP contribution in [0.3, 0.4) is 0 Å². The molecule has 3 aromatic rings. The topological polar surface area (TPSA) is 64.8 Å². The molecule has 0 atom stereocenters. The zero-order valence-electron chi connectivity index (χ0n) is 16.7. The SMILES string of the molecule is NCc1ccc2c(c1)CN(C(=O)OCC1c3ccccc3-c3ccccc31)CCO2. The third-order valence-corrected chi connectivity index (χ3v) is 5.93. The number of fused-ring (bicyclic) bond motifs is 4. The molecule has 2 N–H and O–H groups in total. The maximum atomic E-state index is 12.9. The molecular formula is C25H24N2O3. The van der Waals surface area contributed by atoms with Crippen molar-refractivity contribution in [3.05, 3.63) is 89.0 Å². The maximum absolute atomic E-state index is 12.9. The molecule has 30 heavy (non-hydrogen) atoms. The number of hydrogen-bond acceptors (Lipinski definition) is 4. The van der Waals surface area contributed by atoms with Crippen LogP contribution in [-0.2, 0) is 17.8 Å². The van der Waals surface area contributed by atoms with E-state index in [0.717, 1.165) is 16.9 Å². The molecule has 5 heteroatoms. The van der Waals surface area contributed by atoms with Crippen molar-refractivity contribution in [3.63, 3.8) is 0 Å². The Labute approximate surface area is 176 Å². The second-order valence-corrected chi connectivity index (χ2v) is 7.72. The lowest BCUT2D eigenvalue weighted by molar-refractivity contribution is 0.0947. The minimum atomic E-state index is -0.313. The minimum Gasteiger partial charge on any atom is -0.491 e. The van der Waals surface area contributed by atoms with Gasteiger partial charge in [0.15, 0.2) is 0 Å². The van der Waals surface area contributed by atoms with E-state index in [1.807, 2.05) is 42.5 Å². The summed E-state index contributed by atoms with van der Waals surface area (Å²) in [6.45, 7) is 2.17. The number of rotatable bonds is 3. The number of nitrogens with zero attached hydrogens (tertiary/aromatic N) is 1. The monoisotopic (exact) mass is 400 g/mol. The van der Waals surface area contributed by atoms with Crippen LogP contribution in [0, 0.1) is 0 Å². The van der Waals surface area contributed by atoms with E-state index < -0.39 is 0 Å².